The van der Waals surface area contributed by atoms with E-state index in [1.165, 1.54) is 24.3 Å². The maximum absolute atomic E-state index is 12.8. The predicted octanol–water partition coefficient (Wildman–Crippen LogP) is 3.32. The van der Waals surface area contributed by atoms with E-state index in [0.717, 1.165) is 5.56 Å². The van der Waals surface area contributed by atoms with Crippen molar-refractivity contribution in [2.45, 2.75) is 13.5 Å². The fraction of sp³-hybridized carbons (Fsp3) is 0.176. The highest BCUT2D eigenvalue weighted by molar-refractivity contribution is 5.90. The number of ether oxygens (including phenoxy) is 1. The van der Waals surface area contributed by atoms with Gasteiger partial charge in [-0.3, -0.25) is 0 Å². The van der Waals surface area contributed by atoms with Crippen LogP contribution in [0, 0.1) is 5.82 Å². The Balaban J connectivity index is 1.84. The number of carbonyl (C=O) groups excluding carboxylic acids is 2. The summed E-state index contributed by atoms with van der Waals surface area (Å²) in [5, 5.41) is 5.27. The van der Waals surface area contributed by atoms with E-state index in [9.17, 15) is 14.0 Å². The maximum Gasteiger partial charge on any atom is 0.338 e. The average Bonchev–Trinajstić information content (AvgIpc) is 2.56. The number of hydrogen-bond donors (Lipinski definition) is 2. The van der Waals surface area contributed by atoms with Gasteiger partial charge in [-0.15, -0.1) is 0 Å². The standard InChI is InChI=1S/C17H17FN2O3/c1-2-23-16(21)13-5-3-12(4-6-13)11-19-17(22)20-15-9-7-14(18)8-10-15/h3-10H,2,11H2,1H3,(H2,19,20,22). The van der Waals surface area contributed by atoms with E-state index in [0.29, 0.717) is 24.4 Å². The summed E-state index contributed by atoms with van der Waals surface area (Å²) in [5.74, 6) is -0.737. The van der Waals surface area contributed by atoms with E-state index < -0.39 is 6.03 Å². The Bertz CT molecular complexity index is 669. The molecule has 0 saturated heterocycles. The normalized spacial score (nSPS) is 10.0. The molecule has 6 heteroatoms. The van der Waals surface area contributed by atoms with E-state index in [2.05, 4.69) is 10.6 Å². The van der Waals surface area contributed by atoms with E-state index in [1.807, 2.05) is 0 Å². The first-order chi connectivity index (χ1) is 11.1. The van der Waals surface area contributed by atoms with Crippen LogP contribution < -0.4 is 10.6 Å². The summed E-state index contributed by atoms with van der Waals surface area (Å²) in [4.78, 5) is 23.3. The van der Waals surface area contributed by atoms with Crippen LogP contribution in [0.2, 0.25) is 0 Å². The minimum Gasteiger partial charge on any atom is -0.462 e. The van der Waals surface area contributed by atoms with Crippen molar-refractivity contribution in [1.29, 1.82) is 0 Å². The first-order valence-corrected chi connectivity index (χ1v) is 7.15. The van der Waals surface area contributed by atoms with Crippen LogP contribution in [0.5, 0.6) is 0 Å². The second-order valence-electron chi connectivity index (χ2n) is 4.73. The Morgan fingerprint density at radius 1 is 1.04 bits per heavy atom. The van der Waals surface area contributed by atoms with E-state index in [1.54, 1.807) is 31.2 Å². The first-order valence-electron chi connectivity index (χ1n) is 7.15. The van der Waals surface area contributed by atoms with Gasteiger partial charge in [0.05, 0.1) is 12.2 Å². The molecule has 0 bridgehead atoms. The highest BCUT2D eigenvalue weighted by Gasteiger charge is 2.06. The molecular weight excluding hydrogens is 299 g/mol. The van der Waals surface area contributed by atoms with Gasteiger partial charge < -0.3 is 15.4 Å². The lowest BCUT2D eigenvalue weighted by Gasteiger charge is -2.08. The molecule has 2 amide bonds. The number of carbonyl (C=O) groups is 2. The minimum absolute atomic E-state index is 0.302. The third-order valence-corrected chi connectivity index (χ3v) is 3.02. The monoisotopic (exact) mass is 316 g/mol. The number of hydrogen-bond acceptors (Lipinski definition) is 3. The van der Waals surface area contributed by atoms with Gasteiger partial charge in [0.1, 0.15) is 5.82 Å². The van der Waals surface area contributed by atoms with Crippen LogP contribution in [-0.2, 0) is 11.3 Å². The number of halogens is 1. The number of benzene rings is 2. The van der Waals surface area contributed by atoms with Gasteiger partial charge in [0.15, 0.2) is 0 Å². The fourth-order valence-corrected chi connectivity index (χ4v) is 1.86. The van der Waals surface area contributed by atoms with Crippen molar-refractivity contribution in [3.05, 3.63) is 65.5 Å². The topological polar surface area (TPSA) is 67.4 Å². The molecule has 2 aromatic carbocycles. The third-order valence-electron chi connectivity index (χ3n) is 3.02. The van der Waals surface area contributed by atoms with Crippen molar-refractivity contribution in [3.63, 3.8) is 0 Å². The maximum atomic E-state index is 12.8. The molecule has 2 aromatic rings. The van der Waals surface area contributed by atoms with Gasteiger partial charge in [0.2, 0.25) is 0 Å². The molecule has 0 aliphatic rings. The summed E-state index contributed by atoms with van der Waals surface area (Å²) in [7, 11) is 0. The molecular formula is C17H17FN2O3. The minimum atomic E-state index is -0.397. The smallest absolute Gasteiger partial charge is 0.338 e. The molecule has 0 aliphatic carbocycles. The Hall–Kier alpha value is -2.89. The van der Waals surface area contributed by atoms with Gasteiger partial charge in [-0.1, -0.05) is 12.1 Å². The Morgan fingerprint density at radius 3 is 2.30 bits per heavy atom. The van der Waals surface area contributed by atoms with Gasteiger partial charge in [-0.2, -0.15) is 0 Å². The van der Waals surface area contributed by atoms with Crippen molar-refractivity contribution in [3.8, 4) is 0 Å². The predicted molar refractivity (Wildman–Crippen MR) is 84.7 cm³/mol. The van der Waals surface area contributed by atoms with Crippen molar-refractivity contribution in [1.82, 2.24) is 5.32 Å². The second-order valence-corrected chi connectivity index (χ2v) is 4.73. The first kappa shape index (κ1) is 16.5. The Labute approximate surface area is 133 Å². The Morgan fingerprint density at radius 2 is 1.70 bits per heavy atom. The van der Waals surface area contributed by atoms with Crippen molar-refractivity contribution in [2.24, 2.45) is 0 Å². The molecule has 0 spiro atoms. The number of urea groups is 1. The zero-order valence-electron chi connectivity index (χ0n) is 12.6. The molecule has 120 valence electrons. The van der Waals surface area contributed by atoms with Gasteiger partial charge in [-0.25, -0.2) is 14.0 Å². The largest absolute Gasteiger partial charge is 0.462 e. The summed E-state index contributed by atoms with van der Waals surface area (Å²) >= 11 is 0. The molecule has 0 atom stereocenters. The molecule has 5 nitrogen and oxygen atoms in total. The summed E-state index contributed by atoms with van der Waals surface area (Å²) in [6.07, 6.45) is 0. The lowest BCUT2D eigenvalue weighted by atomic mass is 10.1. The molecule has 0 aromatic heterocycles. The number of anilines is 1. The molecule has 0 aliphatic heterocycles. The highest BCUT2D eigenvalue weighted by Crippen LogP contribution is 2.09. The van der Waals surface area contributed by atoms with Gasteiger partial charge in [-0.05, 0) is 48.9 Å². The number of esters is 1. The summed E-state index contributed by atoms with van der Waals surface area (Å²) in [6, 6.07) is 11.9. The Kier molecular flexibility index (Phi) is 5.68. The van der Waals surface area contributed by atoms with Crippen LogP contribution >= 0.6 is 0 Å². The molecule has 23 heavy (non-hydrogen) atoms. The van der Waals surface area contributed by atoms with Crippen LogP contribution in [0.25, 0.3) is 0 Å². The number of rotatable bonds is 5. The van der Waals surface area contributed by atoms with Crippen molar-refractivity contribution in [2.75, 3.05) is 11.9 Å². The van der Waals surface area contributed by atoms with Crippen molar-refractivity contribution < 1.29 is 18.7 Å². The van der Waals surface area contributed by atoms with Gasteiger partial charge in [0.25, 0.3) is 0 Å². The molecule has 2 N–H and O–H groups in total. The van der Waals surface area contributed by atoms with Crippen LogP contribution in [0.15, 0.2) is 48.5 Å². The SMILES string of the molecule is CCOC(=O)c1ccc(CNC(=O)Nc2ccc(F)cc2)cc1. The molecule has 2 rings (SSSR count). The van der Waals surface area contributed by atoms with Crippen LogP contribution in [0.1, 0.15) is 22.8 Å². The number of amides is 2. The van der Waals surface area contributed by atoms with Crippen LogP contribution in [0.3, 0.4) is 0 Å². The summed E-state index contributed by atoms with van der Waals surface area (Å²) in [5.41, 5.74) is 1.81. The zero-order chi connectivity index (χ0) is 16.7. The lowest BCUT2D eigenvalue weighted by molar-refractivity contribution is 0.0526. The fourth-order valence-electron chi connectivity index (χ4n) is 1.86. The van der Waals surface area contributed by atoms with Gasteiger partial charge in [0, 0.05) is 12.2 Å². The highest BCUT2D eigenvalue weighted by atomic mass is 19.1. The molecule has 0 unspecified atom stereocenters. The second kappa shape index (κ2) is 7.93. The lowest BCUT2D eigenvalue weighted by Crippen LogP contribution is -2.28. The number of nitrogens with one attached hydrogen (secondary N) is 2. The van der Waals surface area contributed by atoms with Crippen LogP contribution in [-0.4, -0.2) is 18.6 Å². The molecule has 0 saturated carbocycles. The van der Waals surface area contributed by atoms with Crippen molar-refractivity contribution >= 4 is 17.7 Å². The molecule has 0 fully saturated rings. The quantitative estimate of drug-likeness (QED) is 0.832. The summed E-state index contributed by atoms with van der Waals surface area (Å²) < 4.78 is 17.7. The van der Waals surface area contributed by atoms with E-state index in [4.69, 9.17) is 4.74 Å². The molecule has 0 heterocycles. The van der Waals surface area contributed by atoms with E-state index >= 15 is 0 Å². The zero-order valence-corrected chi connectivity index (χ0v) is 12.6. The van der Waals surface area contributed by atoms with Gasteiger partial charge >= 0.3 is 12.0 Å². The van der Waals surface area contributed by atoms with Crippen LogP contribution in [0.4, 0.5) is 14.9 Å². The third kappa shape index (κ3) is 5.10. The molecule has 0 radical (unpaired) electrons. The average molecular weight is 316 g/mol. The van der Waals surface area contributed by atoms with E-state index in [-0.39, 0.29) is 11.8 Å². The summed E-state index contributed by atoms with van der Waals surface area (Å²) in [6.45, 7) is 2.37.